The molecule has 1 rings (SSSR count). The lowest BCUT2D eigenvalue weighted by molar-refractivity contribution is 0.204. The van der Waals surface area contributed by atoms with Crippen LogP contribution in [0, 0.1) is 0 Å². The quantitative estimate of drug-likeness (QED) is 0.669. The molecule has 0 spiro atoms. The summed E-state index contributed by atoms with van der Waals surface area (Å²) in [4.78, 5) is 12.7. The largest absolute Gasteiger partial charge is 0.338 e. The second-order valence-electron chi connectivity index (χ2n) is 3.06. The van der Waals surface area contributed by atoms with Crippen LogP contribution in [0.3, 0.4) is 0 Å². The molecule has 4 heteroatoms. The van der Waals surface area contributed by atoms with Crippen molar-refractivity contribution in [1.29, 1.82) is 0 Å². The standard InChI is InChI=1S/C8H15FN2O/c1-2-4-10-8(12)11-5-3-7(9)6-11/h7H,2-6H2,1H3,(H,10,12). The predicted molar refractivity (Wildman–Crippen MR) is 44.8 cm³/mol. The highest BCUT2D eigenvalue weighted by atomic mass is 19.1. The second-order valence-corrected chi connectivity index (χ2v) is 3.06. The number of urea groups is 1. The summed E-state index contributed by atoms with van der Waals surface area (Å²) >= 11 is 0. The summed E-state index contributed by atoms with van der Waals surface area (Å²) in [6, 6.07) is -0.128. The number of carbonyl (C=O) groups excluding carboxylic acids is 1. The van der Waals surface area contributed by atoms with E-state index in [-0.39, 0.29) is 12.6 Å². The molecule has 3 nitrogen and oxygen atoms in total. The Labute approximate surface area is 71.9 Å². The lowest BCUT2D eigenvalue weighted by Gasteiger charge is -2.15. The van der Waals surface area contributed by atoms with E-state index in [1.54, 1.807) is 0 Å². The molecular formula is C8H15FN2O. The fraction of sp³-hybridized carbons (Fsp3) is 0.875. The number of hydrogen-bond donors (Lipinski definition) is 1. The molecule has 1 fully saturated rings. The fourth-order valence-electron chi connectivity index (χ4n) is 1.25. The van der Waals surface area contributed by atoms with Crippen LogP contribution in [0.15, 0.2) is 0 Å². The third kappa shape index (κ3) is 2.36. The molecule has 0 aliphatic carbocycles. The van der Waals surface area contributed by atoms with E-state index < -0.39 is 6.17 Å². The summed E-state index contributed by atoms with van der Waals surface area (Å²) in [5, 5.41) is 2.72. The first-order valence-corrected chi connectivity index (χ1v) is 4.41. The number of nitrogens with one attached hydrogen (secondary N) is 1. The normalized spacial score (nSPS) is 22.8. The first kappa shape index (κ1) is 9.29. The van der Waals surface area contributed by atoms with Gasteiger partial charge in [0.1, 0.15) is 6.17 Å². The third-order valence-corrected chi connectivity index (χ3v) is 1.94. The molecule has 1 atom stereocenters. The smallest absolute Gasteiger partial charge is 0.317 e. The highest BCUT2D eigenvalue weighted by Gasteiger charge is 2.25. The van der Waals surface area contributed by atoms with Gasteiger partial charge < -0.3 is 10.2 Å². The Morgan fingerprint density at radius 1 is 1.75 bits per heavy atom. The summed E-state index contributed by atoms with van der Waals surface area (Å²) in [5.74, 6) is 0. The van der Waals surface area contributed by atoms with E-state index >= 15 is 0 Å². The molecule has 1 N–H and O–H groups in total. The van der Waals surface area contributed by atoms with Crippen LogP contribution in [0.1, 0.15) is 19.8 Å². The van der Waals surface area contributed by atoms with Crippen LogP contribution in [0.25, 0.3) is 0 Å². The molecule has 1 unspecified atom stereocenters. The zero-order valence-corrected chi connectivity index (χ0v) is 7.35. The predicted octanol–water partition coefficient (Wildman–Crippen LogP) is 1.15. The summed E-state index contributed by atoms with van der Waals surface area (Å²) in [5.41, 5.74) is 0. The molecule has 12 heavy (non-hydrogen) atoms. The molecule has 0 bridgehead atoms. The van der Waals surface area contributed by atoms with Crippen molar-refractivity contribution in [2.24, 2.45) is 0 Å². The molecule has 70 valence electrons. The molecule has 1 heterocycles. The molecular weight excluding hydrogens is 159 g/mol. The molecule has 1 saturated heterocycles. The third-order valence-electron chi connectivity index (χ3n) is 1.94. The van der Waals surface area contributed by atoms with Crippen molar-refractivity contribution in [1.82, 2.24) is 10.2 Å². The first-order chi connectivity index (χ1) is 5.74. The van der Waals surface area contributed by atoms with Crippen molar-refractivity contribution in [3.63, 3.8) is 0 Å². The van der Waals surface area contributed by atoms with Gasteiger partial charge in [-0.3, -0.25) is 0 Å². The molecule has 1 aliphatic heterocycles. The Kier molecular flexibility index (Phi) is 3.31. The lowest BCUT2D eigenvalue weighted by atomic mass is 10.3. The summed E-state index contributed by atoms with van der Waals surface area (Å²) in [6.45, 7) is 3.47. The zero-order valence-electron chi connectivity index (χ0n) is 7.35. The van der Waals surface area contributed by atoms with E-state index in [1.807, 2.05) is 6.92 Å². The van der Waals surface area contributed by atoms with Crippen molar-refractivity contribution in [3.8, 4) is 0 Å². The summed E-state index contributed by atoms with van der Waals surface area (Å²) in [7, 11) is 0. The number of nitrogens with zero attached hydrogens (tertiary/aromatic N) is 1. The topological polar surface area (TPSA) is 32.3 Å². The van der Waals surface area contributed by atoms with Crippen LogP contribution < -0.4 is 5.32 Å². The van der Waals surface area contributed by atoms with Crippen LogP contribution in [0.4, 0.5) is 9.18 Å². The molecule has 0 saturated carbocycles. The Bertz CT molecular complexity index is 163. The van der Waals surface area contributed by atoms with Gasteiger partial charge in [0, 0.05) is 13.1 Å². The van der Waals surface area contributed by atoms with Gasteiger partial charge >= 0.3 is 6.03 Å². The summed E-state index contributed by atoms with van der Waals surface area (Å²) in [6.07, 6.45) is 0.579. The molecule has 0 aromatic heterocycles. The number of likely N-dealkylation sites (tertiary alicyclic amines) is 1. The van der Waals surface area contributed by atoms with Crippen LogP contribution in [-0.4, -0.2) is 36.7 Å². The van der Waals surface area contributed by atoms with Gasteiger partial charge in [-0.1, -0.05) is 6.92 Å². The molecule has 0 radical (unpaired) electrons. The van der Waals surface area contributed by atoms with Gasteiger partial charge in [-0.15, -0.1) is 0 Å². The minimum Gasteiger partial charge on any atom is -0.338 e. The van der Waals surface area contributed by atoms with E-state index in [0.29, 0.717) is 19.5 Å². The Morgan fingerprint density at radius 3 is 3.00 bits per heavy atom. The van der Waals surface area contributed by atoms with Gasteiger partial charge in [-0.05, 0) is 12.8 Å². The maximum absolute atomic E-state index is 12.6. The number of alkyl halides is 1. The van der Waals surface area contributed by atoms with Crippen molar-refractivity contribution >= 4 is 6.03 Å². The summed E-state index contributed by atoms with van der Waals surface area (Å²) < 4.78 is 12.6. The lowest BCUT2D eigenvalue weighted by Crippen LogP contribution is -2.38. The van der Waals surface area contributed by atoms with Crippen molar-refractivity contribution in [2.75, 3.05) is 19.6 Å². The minimum atomic E-state index is -0.822. The number of amides is 2. The van der Waals surface area contributed by atoms with Gasteiger partial charge in [0.05, 0.1) is 6.54 Å². The van der Waals surface area contributed by atoms with Gasteiger partial charge in [0.25, 0.3) is 0 Å². The first-order valence-electron chi connectivity index (χ1n) is 4.41. The van der Waals surface area contributed by atoms with Gasteiger partial charge in [-0.25, -0.2) is 9.18 Å². The van der Waals surface area contributed by atoms with Gasteiger partial charge in [0.2, 0.25) is 0 Å². The van der Waals surface area contributed by atoms with E-state index in [1.165, 1.54) is 4.90 Å². The molecule has 2 amide bonds. The van der Waals surface area contributed by atoms with E-state index in [4.69, 9.17) is 0 Å². The van der Waals surface area contributed by atoms with Gasteiger partial charge in [0.15, 0.2) is 0 Å². The Hall–Kier alpha value is -0.800. The minimum absolute atomic E-state index is 0.128. The number of rotatable bonds is 2. The highest BCUT2D eigenvalue weighted by Crippen LogP contribution is 2.11. The van der Waals surface area contributed by atoms with Crippen LogP contribution in [0.2, 0.25) is 0 Å². The second kappa shape index (κ2) is 4.28. The maximum atomic E-state index is 12.6. The number of carbonyl (C=O) groups is 1. The average Bonchev–Trinajstić information content (AvgIpc) is 2.47. The van der Waals surface area contributed by atoms with Crippen molar-refractivity contribution < 1.29 is 9.18 Å². The number of halogens is 1. The Balaban J connectivity index is 2.23. The number of hydrogen-bond acceptors (Lipinski definition) is 1. The maximum Gasteiger partial charge on any atom is 0.317 e. The zero-order chi connectivity index (χ0) is 8.97. The monoisotopic (exact) mass is 174 g/mol. The van der Waals surface area contributed by atoms with Crippen molar-refractivity contribution in [2.45, 2.75) is 25.9 Å². The average molecular weight is 174 g/mol. The highest BCUT2D eigenvalue weighted by molar-refractivity contribution is 5.74. The van der Waals surface area contributed by atoms with Crippen LogP contribution in [-0.2, 0) is 0 Å². The fourth-order valence-corrected chi connectivity index (χ4v) is 1.25. The van der Waals surface area contributed by atoms with Crippen LogP contribution >= 0.6 is 0 Å². The van der Waals surface area contributed by atoms with Crippen LogP contribution in [0.5, 0.6) is 0 Å². The molecule has 0 aromatic carbocycles. The van der Waals surface area contributed by atoms with Gasteiger partial charge in [-0.2, -0.15) is 0 Å². The molecule has 1 aliphatic rings. The Morgan fingerprint density at radius 2 is 2.50 bits per heavy atom. The molecule has 0 aromatic rings. The SMILES string of the molecule is CCCNC(=O)N1CCC(F)C1. The van der Waals surface area contributed by atoms with E-state index in [0.717, 1.165) is 6.42 Å². The van der Waals surface area contributed by atoms with Crippen molar-refractivity contribution in [3.05, 3.63) is 0 Å². The van der Waals surface area contributed by atoms with E-state index in [9.17, 15) is 9.18 Å². The van der Waals surface area contributed by atoms with E-state index in [2.05, 4.69) is 5.32 Å².